The Balaban J connectivity index is 1.47. The van der Waals surface area contributed by atoms with Crippen LogP contribution in [0.1, 0.15) is 57.6 Å². The summed E-state index contributed by atoms with van der Waals surface area (Å²) in [6.45, 7) is 12.7. The molecular weight excluding hydrogens is 512 g/mol. The minimum absolute atomic E-state index is 0.370. The fourth-order valence-corrected chi connectivity index (χ4v) is 5.72. The average Bonchev–Trinajstić information content (AvgIpc) is 3.81. The predicted molar refractivity (Wildman–Crippen MR) is 165 cm³/mol. The number of piperazine rings is 1. The average molecular weight is 549 g/mol. The van der Waals surface area contributed by atoms with Gasteiger partial charge in [-0.15, -0.1) is 4.91 Å². The van der Waals surface area contributed by atoms with Crippen molar-refractivity contribution in [3.05, 3.63) is 88.7 Å². The SMILES string of the molecule is C=C(N=C/C(=C\C)C(C)(C)O)N1CCN(c2cnc3c(-c4ccc(C#N)cc4)cccc3c2C2CC2)CC1(C)N=O. The molecule has 1 atom stereocenters. The first-order chi connectivity index (χ1) is 19.6. The maximum atomic E-state index is 12.3. The lowest BCUT2D eigenvalue weighted by Crippen LogP contribution is -2.59. The highest BCUT2D eigenvalue weighted by molar-refractivity contribution is 5.98. The van der Waals surface area contributed by atoms with E-state index in [4.69, 9.17) is 4.98 Å². The van der Waals surface area contributed by atoms with E-state index in [0.717, 1.165) is 40.6 Å². The number of hydrogen-bond donors (Lipinski definition) is 1. The first kappa shape index (κ1) is 28.2. The van der Waals surface area contributed by atoms with Crippen LogP contribution in [0.25, 0.3) is 22.0 Å². The molecule has 1 saturated carbocycles. The van der Waals surface area contributed by atoms with E-state index in [2.05, 4.69) is 45.9 Å². The zero-order valence-corrected chi connectivity index (χ0v) is 24.1. The van der Waals surface area contributed by atoms with Gasteiger partial charge in [-0.1, -0.05) is 43.0 Å². The van der Waals surface area contributed by atoms with Crippen LogP contribution in [0.15, 0.2) is 82.9 Å². The van der Waals surface area contributed by atoms with Gasteiger partial charge in [0.2, 0.25) is 0 Å². The van der Waals surface area contributed by atoms with Gasteiger partial charge in [0.05, 0.1) is 41.2 Å². The molecule has 1 aromatic heterocycles. The van der Waals surface area contributed by atoms with Crippen molar-refractivity contribution >= 4 is 22.8 Å². The molecule has 8 heteroatoms. The third-order valence-electron chi connectivity index (χ3n) is 8.11. The summed E-state index contributed by atoms with van der Waals surface area (Å²) in [6, 6.07) is 16.1. The van der Waals surface area contributed by atoms with Crippen LogP contribution >= 0.6 is 0 Å². The second-order valence-corrected chi connectivity index (χ2v) is 11.6. The predicted octanol–water partition coefficient (Wildman–Crippen LogP) is 6.51. The minimum atomic E-state index is -1.09. The van der Waals surface area contributed by atoms with E-state index >= 15 is 0 Å². The molecule has 210 valence electrons. The Kier molecular flexibility index (Phi) is 7.50. The quantitative estimate of drug-likeness (QED) is 0.254. The molecule has 1 unspecified atom stereocenters. The Morgan fingerprint density at radius 2 is 1.95 bits per heavy atom. The molecule has 0 spiro atoms. The summed E-state index contributed by atoms with van der Waals surface area (Å²) in [5.41, 5.74) is 4.47. The number of pyridine rings is 1. The van der Waals surface area contributed by atoms with Crippen molar-refractivity contribution in [3.8, 4) is 17.2 Å². The topological polar surface area (TPSA) is 105 Å². The van der Waals surface area contributed by atoms with Crippen molar-refractivity contribution in [3.63, 3.8) is 0 Å². The van der Waals surface area contributed by atoms with Crippen LogP contribution in [0.4, 0.5) is 5.69 Å². The van der Waals surface area contributed by atoms with Gasteiger partial charge in [0.1, 0.15) is 5.82 Å². The summed E-state index contributed by atoms with van der Waals surface area (Å²) in [4.78, 5) is 25.8. The lowest BCUT2D eigenvalue weighted by atomic mass is 9.95. The molecule has 0 amide bonds. The van der Waals surface area contributed by atoms with E-state index in [1.165, 1.54) is 5.56 Å². The van der Waals surface area contributed by atoms with Crippen LogP contribution in [0.2, 0.25) is 0 Å². The molecule has 8 nitrogen and oxygen atoms in total. The van der Waals surface area contributed by atoms with Gasteiger partial charge in [-0.25, -0.2) is 4.99 Å². The highest BCUT2D eigenvalue weighted by Crippen LogP contribution is 2.49. The molecule has 41 heavy (non-hydrogen) atoms. The van der Waals surface area contributed by atoms with E-state index in [-0.39, 0.29) is 0 Å². The first-order valence-corrected chi connectivity index (χ1v) is 14.0. The Bertz CT molecular complexity index is 1590. The van der Waals surface area contributed by atoms with Crippen LogP contribution in [-0.4, -0.2) is 52.1 Å². The lowest BCUT2D eigenvalue weighted by Gasteiger charge is -2.46. The number of rotatable bonds is 8. The Hall–Kier alpha value is -4.35. The lowest BCUT2D eigenvalue weighted by molar-refractivity contribution is 0.126. The van der Waals surface area contributed by atoms with Gasteiger partial charge in [-0.05, 0) is 80.5 Å². The van der Waals surface area contributed by atoms with Gasteiger partial charge in [-0.3, -0.25) is 4.98 Å². The second kappa shape index (κ2) is 10.9. The molecule has 5 rings (SSSR count). The number of anilines is 1. The van der Waals surface area contributed by atoms with Gasteiger partial charge < -0.3 is 14.9 Å². The summed E-state index contributed by atoms with van der Waals surface area (Å²) >= 11 is 0. The maximum Gasteiger partial charge on any atom is 0.189 e. The molecule has 2 heterocycles. The van der Waals surface area contributed by atoms with E-state index in [9.17, 15) is 15.3 Å². The molecule has 2 aliphatic rings. The number of aliphatic imine (C=N–C) groups is 1. The Morgan fingerprint density at radius 3 is 2.56 bits per heavy atom. The van der Waals surface area contributed by atoms with Gasteiger partial charge in [0, 0.05) is 30.3 Å². The molecule has 0 radical (unpaired) electrons. The Morgan fingerprint density at radius 1 is 1.22 bits per heavy atom. The fourth-order valence-electron chi connectivity index (χ4n) is 5.72. The van der Waals surface area contributed by atoms with Crippen molar-refractivity contribution in [1.29, 1.82) is 5.26 Å². The molecule has 1 N–H and O–H groups in total. The first-order valence-electron chi connectivity index (χ1n) is 14.0. The van der Waals surface area contributed by atoms with Crippen molar-refractivity contribution in [2.45, 2.75) is 57.7 Å². The third kappa shape index (κ3) is 5.50. The van der Waals surface area contributed by atoms with Gasteiger partial charge >= 0.3 is 0 Å². The summed E-state index contributed by atoms with van der Waals surface area (Å²) in [6.07, 6.45) is 7.60. The summed E-state index contributed by atoms with van der Waals surface area (Å²) in [5.74, 6) is 0.877. The van der Waals surface area contributed by atoms with Crippen molar-refractivity contribution in [1.82, 2.24) is 9.88 Å². The summed E-state index contributed by atoms with van der Waals surface area (Å²) in [7, 11) is 0. The molecule has 1 saturated heterocycles. The van der Waals surface area contributed by atoms with E-state index in [1.807, 2.05) is 55.3 Å². The summed E-state index contributed by atoms with van der Waals surface area (Å²) in [5, 5.41) is 24.3. The molecule has 0 bridgehead atoms. The molecule has 3 aromatic rings. The van der Waals surface area contributed by atoms with Gasteiger partial charge in [-0.2, -0.15) is 5.26 Å². The smallest absolute Gasteiger partial charge is 0.189 e. The third-order valence-corrected chi connectivity index (χ3v) is 8.11. The highest BCUT2D eigenvalue weighted by Gasteiger charge is 2.42. The number of fused-ring (bicyclic) bond motifs is 1. The summed E-state index contributed by atoms with van der Waals surface area (Å²) < 4.78 is 0. The Labute approximate surface area is 241 Å². The standard InChI is InChI=1S/C33H36N6O2/c1-6-26(32(3,4)40)19-35-22(2)39-17-16-38(21-33(39,5)37-41)29-20-36-31-27(24-12-10-23(18-34)11-13-24)8-7-9-28(31)30(29)25-14-15-25/h6-13,19-20,25,40H,2,14-17,21H2,1,3-5H3/b26-6+,35-19?. The van der Waals surface area contributed by atoms with Crippen LogP contribution in [0.3, 0.4) is 0 Å². The normalized spacial score (nSPS) is 20.0. The van der Waals surface area contributed by atoms with Crippen LogP contribution in [0.5, 0.6) is 0 Å². The van der Waals surface area contributed by atoms with Crippen molar-refractivity contribution < 1.29 is 5.11 Å². The van der Waals surface area contributed by atoms with Crippen LogP contribution < -0.4 is 4.90 Å². The van der Waals surface area contributed by atoms with E-state index in [1.54, 1.807) is 20.1 Å². The fraction of sp³-hybridized carbons (Fsp3) is 0.364. The molecule has 2 aromatic carbocycles. The number of aliphatic hydroxyl groups is 1. The van der Waals surface area contributed by atoms with Crippen LogP contribution in [-0.2, 0) is 0 Å². The van der Waals surface area contributed by atoms with Gasteiger partial charge in [0.15, 0.2) is 5.66 Å². The molecule has 1 aliphatic carbocycles. The van der Waals surface area contributed by atoms with Crippen molar-refractivity contribution in [2.24, 2.45) is 10.2 Å². The number of nitriles is 1. The molecule has 2 fully saturated rings. The number of nitrogens with zero attached hydrogens (tertiary/aromatic N) is 6. The number of nitroso groups, excluding NO2 is 1. The minimum Gasteiger partial charge on any atom is -0.386 e. The monoisotopic (exact) mass is 548 g/mol. The van der Waals surface area contributed by atoms with Crippen molar-refractivity contribution in [2.75, 3.05) is 24.5 Å². The second-order valence-electron chi connectivity index (χ2n) is 11.6. The zero-order valence-electron chi connectivity index (χ0n) is 24.1. The van der Waals surface area contributed by atoms with E-state index in [0.29, 0.717) is 42.5 Å². The van der Waals surface area contributed by atoms with Crippen LogP contribution in [0, 0.1) is 16.2 Å². The number of allylic oxidation sites excluding steroid dienone is 1. The van der Waals surface area contributed by atoms with Gasteiger partial charge in [0.25, 0.3) is 0 Å². The number of benzene rings is 2. The number of aromatic nitrogens is 1. The number of hydrogen-bond acceptors (Lipinski definition) is 8. The molecule has 1 aliphatic heterocycles. The maximum absolute atomic E-state index is 12.3. The molecular formula is C33H36N6O2. The largest absolute Gasteiger partial charge is 0.386 e. The van der Waals surface area contributed by atoms with E-state index < -0.39 is 11.3 Å². The highest BCUT2D eigenvalue weighted by atomic mass is 16.3. The number of para-hydroxylation sites is 1. The zero-order chi connectivity index (χ0) is 29.4.